The summed E-state index contributed by atoms with van der Waals surface area (Å²) in [6.07, 6.45) is 0.299. The molecule has 3 rings (SSSR count). The molecule has 0 heterocycles. The van der Waals surface area contributed by atoms with Gasteiger partial charge in [-0.2, -0.15) is 0 Å². The first-order chi connectivity index (χ1) is 12.6. The molecule has 0 saturated heterocycles. The Balaban J connectivity index is 1.56. The number of carbonyl (C=O) groups excluding carboxylic acids is 1. The Morgan fingerprint density at radius 3 is 1.96 bits per heavy atom. The predicted molar refractivity (Wildman–Crippen MR) is 103 cm³/mol. The second-order valence-electron chi connectivity index (χ2n) is 5.65. The van der Waals surface area contributed by atoms with Crippen molar-refractivity contribution in [2.45, 2.75) is 6.42 Å². The highest BCUT2D eigenvalue weighted by Gasteiger charge is 2.05. The number of ether oxygens (including phenoxy) is 2. The van der Waals surface area contributed by atoms with E-state index < -0.39 is 0 Å². The predicted octanol–water partition coefficient (Wildman–Crippen LogP) is 5.32. The van der Waals surface area contributed by atoms with Crippen molar-refractivity contribution >= 4 is 23.2 Å². The minimum absolute atomic E-state index is 0.0819. The molecule has 0 unspecified atom stereocenters. The highest BCUT2D eigenvalue weighted by Crippen LogP contribution is 2.24. The first-order valence-corrected chi connectivity index (χ1v) is 8.46. The zero-order valence-corrected chi connectivity index (χ0v) is 15.0. The maximum Gasteiger partial charge on any atom is 0.228 e. The molecule has 26 heavy (non-hydrogen) atoms. The van der Waals surface area contributed by atoms with Gasteiger partial charge in [-0.15, -0.1) is 0 Å². The minimum Gasteiger partial charge on any atom is -0.497 e. The van der Waals surface area contributed by atoms with E-state index in [9.17, 15) is 4.79 Å². The maximum atomic E-state index is 12.2. The summed E-state index contributed by atoms with van der Waals surface area (Å²) in [5.74, 6) is 2.07. The van der Waals surface area contributed by atoms with Gasteiger partial charge in [0.1, 0.15) is 17.2 Å². The number of anilines is 1. The molecule has 1 N–H and O–H groups in total. The molecule has 4 nitrogen and oxygen atoms in total. The highest BCUT2D eigenvalue weighted by atomic mass is 35.5. The lowest BCUT2D eigenvalue weighted by Gasteiger charge is -2.08. The van der Waals surface area contributed by atoms with Gasteiger partial charge in [-0.1, -0.05) is 23.7 Å². The van der Waals surface area contributed by atoms with Crippen molar-refractivity contribution < 1.29 is 14.3 Å². The van der Waals surface area contributed by atoms with E-state index in [4.69, 9.17) is 21.1 Å². The topological polar surface area (TPSA) is 47.6 Å². The Morgan fingerprint density at radius 2 is 1.38 bits per heavy atom. The second kappa shape index (κ2) is 8.41. The molecule has 0 saturated carbocycles. The standard InChI is InChI=1S/C21H18ClNO3/c1-25-18-8-2-15(3-9-18)14-21(24)23-17-6-12-20(13-7-17)26-19-10-4-16(22)5-11-19/h2-13H,14H2,1H3,(H,23,24). The summed E-state index contributed by atoms with van der Waals surface area (Å²) in [7, 11) is 1.61. The fraction of sp³-hybridized carbons (Fsp3) is 0.0952. The van der Waals surface area contributed by atoms with Crippen LogP contribution in [0.4, 0.5) is 5.69 Å². The Bertz CT molecular complexity index is 859. The Kier molecular flexibility index (Phi) is 5.77. The van der Waals surface area contributed by atoms with Gasteiger partial charge in [0.15, 0.2) is 0 Å². The van der Waals surface area contributed by atoms with Gasteiger partial charge in [-0.05, 0) is 66.2 Å². The number of carbonyl (C=O) groups is 1. The third-order valence-corrected chi connectivity index (χ3v) is 3.96. The normalized spacial score (nSPS) is 10.2. The van der Waals surface area contributed by atoms with Crippen molar-refractivity contribution in [3.63, 3.8) is 0 Å². The summed E-state index contributed by atoms with van der Waals surface area (Å²) >= 11 is 5.85. The van der Waals surface area contributed by atoms with E-state index in [2.05, 4.69) is 5.32 Å². The molecule has 1 amide bonds. The number of nitrogens with one attached hydrogen (secondary N) is 1. The number of rotatable bonds is 6. The van der Waals surface area contributed by atoms with Gasteiger partial charge in [0.05, 0.1) is 13.5 Å². The number of halogens is 1. The molecule has 0 radical (unpaired) electrons. The fourth-order valence-electron chi connectivity index (χ4n) is 2.38. The number of hydrogen-bond acceptors (Lipinski definition) is 3. The molecule has 0 aromatic heterocycles. The van der Waals surface area contributed by atoms with Crippen LogP contribution < -0.4 is 14.8 Å². The summed E-state index contributed by atoms with van der Waals surface area (Å²) in [4.78, 5) is 12.2. The molecule has 0 aliphatic rings. The molecule has 5 heteroatoms. The SMILES string of the molecule is COc1ccc(CC(=O)Nc2ccc(Oc3ccc(Cl)cc3)cc2)cc1. The van der Waals surface area contributed by atoms with Crippen LogP contribution >= 0.6 is 11.6 Å². The Hall–Kier alpha value is -2.98. The van der Waals surface area contributed by atoms with Crippen molar-refractivity contribution in [3.8, 4) is 17.2 Å². The van der Waals surface area contributed by atoms with Gasteiger partial charge >= 0.3 is 0 Å². The van der Waals surface area contributed by atoms with Crippen molar-refractivity contribution in [1.29, 1.82) is 0 Å². The lowest BCUT2D eigenvalue weighted by atomic mass is 10.1. The number of hydrogen-bond donors (Lipinski definition) is 1. The van der Waals surface area contributed by atoms with E-state index in [1.165, 1.54) is 0 Å². The molecular weight excluding hydrogens is 350 g/mol. The van der Waals surface area contributed by atoms with Gasteiger partial charge in [0.2, 0.25) is 5.91 Å². The summed E-state index contributed by atoms with van der Waals surface area (Å²) < 4.78 is 10.8. The monoisotopic (exact) mass is 367 g/mol. The summed E-state index contributed by atoms with van der Waals surface area (Å²) in [6, 6.07) is 21.8. The van der Waals surface area contributed by atoms with E-state index >= 15 is 0 Å². The van der Waals surface area contributed by atoms with E-state index in [0.717, 1.165) is 11.3 Å². The first kappa shape index (κ1) is 17.8. The largest absolute Gasteiger partial charge is 0.497 e. The van der Waals surface area contributed by atoms with Crippen LogP contribution in [0.3, 0.4) is 0 Å². The smallest absolute Gasteiger partial charge is 0.228 e. The number of methoxy groups -OCH3 is 1. The van der Waals surface area contributed by atoms with Crippen LogP contribution in [0.2, 0.25) is 5.02 Å². The summed E-state index contributed by atoms with van der Waals surface area (Å²) in [6.45, 7) is 0. The van der Waals surface area contributed by atoms with Crippen LogP contribution in [0.25, 0.3) is 0 Å². The van der Waals surface area contributed by atoms with Crippen molar-refractivity contribution in [1.82, 2.24) is 0 Å². The van der Waals surface area contributed by atoms with Crippen molar-refractivity contribution in [3.05, 3.63) is 83.4 Å². The summed E-state index contributed by atoms with van der Waals surface area (Å²) in [5.41, 5.74) is 1.64. The fourth-order valence-corrected chi connectivity index (χ4v) is 2.50. The summed E-state index contributed by atoms with van der Waals surface area (Å²) in [5, 5.41) is 3.53. The quantitative estimate of drug-likeness (QED) is 0.641. The van der Waals surface area contributed by atoms with Gasteiger partial charge in [-0.3, -0.25) is 4.79 Å². The van der Waals surface area contributed by atoms with Crippen LogP contribution in [0.5, 0.6) is 17.2 Å². The first-order valence-electron chi connectivity index (χ1n) is 8.08. The van der Waals surface area contributed by atoms with Crippen molar-refractivity contribution in [2.24, 2.45) is 0 Å². The van der Waals surface area contributed by atoms with Crippen molar-refractivity contribution in [2.75, 3.05) is 12.4 Å². The third-order valence-electron chi connectivity index (χ3n) is 3.71. The molecule has 3 aromatic carbocycles. The van der Waals surface area contributed by atoms with Crippen LogP contribution in [-0.2, 0) is 11.2 Å². The Morgan fingerprint density at radius 1 is 0.846 bits per heavy atom. The zero-order chi connectivity index (χ0) is 18.4. The molecule has 3 aromatic rings. The molecule has 0 aliphatic carbocycles. The lowest BCUT2D eigenvalue weighted by molar-refractivity contribution is -0.115. The highest BCUT2D eigenvalue weighted by molar-refractivity contribution is 6.30. The van der Waals surface area contributed by atoms with Gasteiger partial charge in [0.25, 0.3) is 0 Å². The van der Waals surface area contributed by atoms with E-state index in [-0.39, 0.29) is 5.91 Å². The third kappa shape index (κ3) is 5.01. The molecule has 0 aliphatic heterocycles. The van der Waals surface area contributed by atoms with E-state index in [1.807, 2.05) is 24.3 Å². The maximum absolute atomic E-state index is 12.2. The average molecular weight is 368 g/mol. The molecule has 0 atom stereocenters. The minimum atomic E-state index is -0.0819. The van der Waals surface area contributed by atoms with Gasteiger partial charge in [0, 0.05) is 10.7 Å². The molecule has 0 spiro atoms. The van der Waals surface area contributed by atoms with E-state index in [1.54, 1.807) is 55.6 Å². The van der Waals surface area contributed by atoms with Crippen LogP contribution in [0, 0.1) is 0 Å². The second-order valence-corrected chi connectivity index (χ2v) is 6.09. The molecular formula is C21H18ClNO3. The van der Waals surface area contributed by atoms with Crippen LogP contribution in [0.1, 0.15) is 5.56 Å². The average Bonchev–Trinajstić information content (AvgIpc) is 2.66. The van der Waals surface area contributed by atoms with Crippen LogP contribution in [0.15, 0.2) is 72.8 Å². The lowest BCUT2D eigenvalue weighted by Crippen LogP contribution is -2.14. The van der Waals surface area contributed by atoms with Crippen LogP contribution in [-0.4, -0.2) is 13.0 Å². The molecule has 132 valence electrons. The van der Waals surface area contributed by atoms with Gasteiger partial charge in [-0.25, -0.2) is 0 Å². The molecule has 0 fully saturated rings. The zero-order valence-electron chi connectivity index (χ0n) is 14.2. The number of amides is 1. The molecule has 0 bridgehead atoms. The van der Waals surface area contributed by atoms with Gasteiger partial charge < -0.3 is 14.8 Å². The Labute approximate surface area is 157 Å². The van der Waals surface area contributed by atoms with E-state index in [0.29, 0.717) is 28.6 Å². The number of benzene rings is 3.